The van der Waals surface area contributed by atoms with Crippen molar-refractivity contribution in [3.8, 4) is 0 Å². The van der Waals surface area contributed by atoms with Crippen LogP contribution in [0.4, 0.5) is 0 Å². The summed E-state index contributed by atoms with van der Waals surface area (Å²) in [4.78, 5) is 16.9. The van der Waals surface area contributed by atoms with Crippen LogP contribution in [0.1, 0.15) is 21.4 Å². The van der Waals surface area contributed by atoms with E-state index in [2.05, 4.69) is 24.4 Å². The highest BCUT2D eigenvalue weighted by molar-refractivity contribution is 7.11. The van der Waals surface area contributed by atoms with E-state index >= 15 is 0 Å². The van der Waals surface area contributed by atoms with Gasteiger partial charge < -0.3 is 9.64 Å². The molecule has 0 spiro atoms. The second-order valence-electron chi connectivity index (χ2n) is 5.71. The number of likely N-dealkylation sites (N-methyl/N-ethyl adjacent to an activating group) is 1. The van der Waals surface area contributed by atoms with Gasteiger partial charge in [-0.05, 0) is 38.7 Å². The smallest absolute Gasteiger partial charge is 0.327 e. The number of hydrogen-bond acceptors (Lipinski definition) is 5. The lowest BCUT2D eigenvalue weighted by Crippen LogP contribution is -2.31. The van der Waals surface area contributed by atoms with Crippen LogP contribution in [-0.2, 0) is 16.1 Å². The van der Waals surface area contributed by atoms with Gasteiger partial charge in [0.05, 0.1) is 0 Å². The van der Waals surface area contributed by atoms with E-state index in [-0.39, 0.29) is 5.97 Å². The molecule has 0 fully saturated rings. The minimum absolute atomic E-state index is 0.230. The summed E-state index contributed by atoms with van der Waals surface area (Å²) in [6.45, 7) is 3.85. The number of esters is 1. The van der Waals surface area contributed by atoms with Gasteiger partial charge in [-0.25, -0.2) is 4.79 Å². The first-order chi connectivity index (χ1) is 11.1. The van der Waals surface area contributed by atoms with Crippen molar-refractivity contribution in [2.24, 2.45) is 0 Å². The Morgan fingerprint density at radius 3 is 2.57 bits per heavy atom. The molecule has 1 aromatic heterocycles. The van der Waals surface area contributed by atoms with Crippen LogP contribution < -0.4 is 5.32 Å². The normalized spacial score (nSPS) is 12.3. The third-order valence-corrected chi connectivity index (χ3v) is 4.43. The van der Waals surface area contributed by atoms with Gasteiger partial charge in [-0.15, -0.1) is 11.3 Å². The molecule has 0 radical (unpaired) electrons. The third-order valence-electron chi connectivity index (χ3n) is 3.43. The molecule has 1 N–H and O–H groups in total. The van der Waals surface area contributed by atoms with Gasteiger partial charge in [0.1, 0.15) is 12.6 Å². The van der Waals surface area contributed by atoms with E-state index in [1.807, 2.05) is 49.3 Å². The molecule has 4 nitrogen and oxygen atoms in total. The summed E-state index contributed by atoms with van der Waals surface area (Å²) in [5, 5.41) is 3.33. The fourth-order valence-electron chi connectivity index (χ4n) is 2.18. The Balaban J connectivity index is 2.01. The maximum absolute atomic E-state index is 12.5. The second kappa shape index (κ2) is 8.82. The van der Waals surface area contributed by atoms with E-state index in [0.717, 1.165) is 12.1 Å². The van der Waals surface area contributed by atoms with Crippen LogP contribution in [0.3, 0.4) is 0 Å². The van der Waals surface area contributed by atoms with Gasteiger partial charge in [0, 0.05) is 22.8 Å². The minimum atomic E-state index is -0.444. The van der Waals surface area contributed by atoms with Crippen LogP contribution >= 0.6 is 11.3 Å². The summed E-state index contributed by atoms with van der Waals surface area (Å²) in [5.41, 5.74) is 0.927. The maximum atomic E-state index is 12.5. The lowest BCUT2D eigenvalue weighted by atomic mass is 10.1. The second-order valence-corrected chi connectivity index (χ2v) is 7.08. The predicted octanol–water partition coefficient (Wildman–Crippen LogP) is 2.99. The molecule has 0 aliphatic heterocycles. The summed E-state index contributed by atoms with van der Waals surface area (Å²) >= 11 is 1.74. The van der Waals surface area contributed by atoms with E-state index in [1.165, 1.54) is 9.75 Å². The van der Waals surface area contributed by atoms with Crippen molar-refractivity contribution in [3.05, 3.63) is 57.8 Å². The van der Waals surface area contributed by atoms with Gasteiger partial charge in [-0.3, -0.25) is 5.32 Å². The molecule has 2 rings (SSSR count). The van der Waals surface area contributed by atoms with Crippen molar-refractivity contribution in [2.75, 3.05) is 27.2 Å². The molecule has 0 bridgehead atoms. The predicted molar refractivity (Wildman–Crippen MR) is 94.6 cm³/mol. The molecule has 1 unspecified atom stereocenters. The number of benzene rings is 1. The molecule has 1 aromatic carbocycles. The van der Waals surface area contributed by atoms with E-state index in [9.17, 15) is 4.79 Å². The maximum Gasteiger partial charge on any atom is 0.327 e. The molecule has 1 atom stereocenters. The summed E-state index contributed by atoms with van der Waals surface area (Å²) in [7, 11) is 3.92. The molecular formula is C18H24N2O2S. The SMILES string of the molecule is Cc1ccc(CNC(C(=O)OCCN(C)C)c2ccccc2)s1. The van der Waals surface area contributed by atoms with Crippen molar-refractivity contribution in [1.82, 2.24) is 10.2 Å². The van der Waals surface area contributed by atoms with E-state index in [0.29, 0.717) is 13.2 Å². The van der Waals surface area contributed by atoms with Gasteiger partial charge >= 0.3 is 5.97 Å². The monoisotopic (exact) mass is 332 g/mol. The number of rotatable bonds is 8. The molecule has 5 heteroatoms. The quantitative estimate of drug-likeness (QED) is 0.755. The van der Waals surface area contributed by atoms with Crippen molar-refractivity contribution >= 4 is 17.3 Å². The van der Waals surface area contributed by atoms with Gasteiger partial charge in [-0.2, -0.15) is 0 Å². The van der Waals surface area contributed by atoms with Crippen molar-refractivity contribution in [3.63, 3.8) is 0 Å². The first-order valence-corrected chi connectivity index (χ1v) is 8.53. The lowest BCUT2D eigenvalue weighted by molar-refractivity contribution is -0.146. The van der Waals surface area contributed by atoms with Gasteiger partial charge in [0.15, 0.2) is 0 Å². The van der Waals surface area contributed by atoms with E-state index in [4.69, 9.17) is 4.74 Å². The number of aryl methyl sites for hydroxylation is 1. The van der Waals surface area contributed by atoms with Crippen LogP contribution in [-0.4, -0.2) is 38.1 Å². The Hall–Kier alpha value is -1.69. The molecule has 23 heavy (non-hydrogen) atoms. The largest absolute Gasteiger partial charge is 0.463 e. The first kappa shape index (κ1) is 17.7. The number of nitrogens with one attached hydrogen (secondary N) is 1. The van der Waals surface area contributed by atoms with Crippen molar-refractivity contribution < 1.29 is 9.53 Å². The topological polar surface area (TPSA) is 41.6 Å². The van der Waals surface area contributed by atoms with Crippen molar-refractivity contribution in [2.45, 2.75) is 19.5 Å². The minimum Gasteiger partial charge on any atom is -0.463 e. The zero-order valence-electron chi connectivity index (χ0n) is 13.9. The van der Waals surface area contributed by atoms with Crippen molar-refractivity contribution in [1.29, 1.82) is 0 Å². The average molecular weight is 332 g/mol. The number of hydrogen-bond donors (Lipinski definition) is 1. The van der Waals surface area contributed by atoms with Crippen LogP contribution in [0.25, 0.3) is 0 Å². The highest BCUT2D eigenvalue weighted by atomic mass is 32.1. The van der Waals surface area contributed by atoms with Gasteiger partial charge in [0.2, 0.25) is 0 Å². The first-order valence-electron chi connectivity index (χ1n) is 7.71. The molecular weight excluding hydrogens is 308 g/mol. The average Bonchev–Trinajstić information content (AvgIpc) is 2.94. The number of ether oxygens (including phenoxy) is 1. The highest BCUT2D eigenvalue weighted by Crippen LogP contribution is 2.19. The third kappa shape index (κ3) is 5.78. The molecule has 0 saturated heterocycles. The summed E-state index contributed by atoms with van der Waals surface area (Å²) < 4.78 is 5.42. The van der Waals surface area contributed by atoms with Gasteiger partial charge in [0.25, 0.3) is 0 Å². The Bertz CT molecular complexity index is 610. The molecule has 0 aliphatic carbocycles. The molecule has 0 aliphatic rings. The Morgan fingerprint density at radius 1 is 1.22 bits per heavy atom. The van der Waals surface area contributed by atoms with Gasteiger partial charge in [-0.1, -0.05) is 30.3 Å². The Morgan fingerprint density at radius 2 is 1.96 bits per heavy atom. The Kier molecular flexibility index (Phi) is 6.77. The lowest BCUT2D eigenvalue weighted by Gasteiger charge is -2.18. The van der Waals surface area contributed by atoms with Crippen LogP contribution in [0, 0.1) is 6.92 Å². The molecule has 0 saturated carbocycles. The van der Waals surface area contributed by atoms with Crippen LogP contribution in [0.15, 0.2) is 42.5 Å². The zero-order valence-corrected chi connectivity index (χ0v) is 14.7. The molecule has 1 heterocycles. The molecule has 2 aromatic rings. The number of carbonyl (C=O) groups excluding carboxylic acids is 1. The molecule has 124 valence electrons. The number of thiophene rings is 1. The fourth-order valence-corrected chi connectivity index (χ4v) is 3.02. The summed E-state index contributed by atoms with van der Waals surface area (Å²) in [5.74, 6) is -0.230. The number of nitrogens with zero attached hydrogens (tertiary/aromatic N) is 1. The zero-order chi connectivity index (χ0) is 16.7. The number of carbonyl (C=O) groups is 1. The van der Waals surface area contributed by atoms with E-state index in [1.54, 1.807) is 11.3 Å². The highest BCUT2D eigenvalue weighted by Gasteiger charge is 2.21. The Labute approximate surface area is 142 Å². The summed E-state index contributed by atoms with van der Waals surface area (Å²) in [6.07, 6.45) is 0. The van der Waals surface area contributed by atoms with Crippen LogP contribution in [0.2, 0.25) is 0 Å². The standard InChI is InChI=1S/C18H24N2O2S/c1-14-9-10-16(23-14)13-19-17(15-7-5-4-6-8-15)18(21)22-12-11-20(2)3/h4-10,17,19H,11-13H2,1-3H3. The fraction of sp³-hybridized carbons (Fsp3) is 0.389. The van der Waals surface area contributed by atoms with E-state index < -0.39 is 6.04 Å². The van der Waals surface area contributed by atoms with Crippen LogP contribution in [0.5, 0.6) is 0 Å². The summed E-state index contributed by atoms with van der Waals surface area (Å²) in [6, 6.07) is 13.5. The molecule has 0 amide bonds.